The first-order valence-corrected chi connectivity index (χ1v) is 7.15. The van der Waals surface area contributed by atoms with E-state index in [9.17, 15) is 9.90 Å². The third-order valence-corrected chi connectivity index (χ3v) is 4.10. The van der Waals surface area contributed by atoms with E-state index in [0.717, 1.165) is 36.8 Å². The van der Waals surface area contributed by atoms with E-state index in [1.165, 1.54) is 0 Å². The third-order valence-electron chi connectivity index (χ3n) is 4.10. The van der Waals surface area contributed by atoms with Crippen molar-refractivity contribution in [2.45, 2.75) is 45.1 Å². The molecule has 1 amide bonds. The zero-order valence-corrected chi connectivity index (χ0v) is 11.6. The molecule has 2 atom stereocenters. The summed E-state index contributed by atoms with van der Waals surface area (Å²) in [6.45, 7) is 2.20. The highest BCUT2D eigenvalue weighted by Crippen LogP contribution is 2.24. The fourth-order valence-corrected chi connectivity index (χ4v) is 2.86. The number of amides is 1. The lowest BCUT2D eigenvalue weighted by molar-refractivity contribution is -0.121. The van der Waals surface area contributed by atoms with Gasteiger partial charge < -0.3 is 10.4 Å². The summed E-state index contributed by atoms with van der Waals surface area (Å²) in [5.41, 5.74) is 2.23. The summed E-state index contributed by atoms with van der Waals surface area (Å²) in [7, 11) is 0. The van der Waals surface area contributed by atoms with Gasteiger partial charge in [-0.05, 0) is 30.9 Å². The van der Waals surface area contributed by atoms with Gasteiger partial charge in [0, 0.05) is 18.6 Å². The smallest absolute Gasteiger partial charge is 0.224 e. The predicted molar refractivity (Wildman–Crippen MR) is 75.9 cm³/mol. The quantitative estimate of drug-likeness (QED) is 0.873. The molecule has 1 fully saturated rings. The Hall–Kier alpha value is -1.35. The number of hydrogen-bond acceptors (Lipinski definition) is 2. The van der Waals surface area contributed by atoms with Crippen molar-refractivity contribution >= 4 is 5.91 Å². The van der Waals surface area contributed by atoms with Gasteiger partial charge in [-0.2, -0.15) is 0 Å². The minimum absolute atomic E-state index is 0.0691. The lowest BCUT2D eigenvalue weighted by Crippen LogP contribution is -2.44. The Kier molecular flexibility index (Phi) is 4.97. The Labute approximate surface area is 115 Å². The van der Waals surface area contributed by atoms with Crippen LogP contribution in [0.4, 0.5) is 0 Å². The molecule has 3 heteroatoms. The van der Waals surface area contributed by atoms with Gasteiger partial charge in [0.15, 0.2) is 0 Å². The Morgan fingerprint density at radius 2 is 2.05 bits per heavy atom. The van der Waals surface area contributed by atoms with Crippen molar-refractivity contribution in [3.63, 3.8) is 0 Å². The monoisotopic (exact) mass is 261 g/mol. The van der Waals surface area contributed by atoms with Crippen LogP contribution in [-0.2, 0) is 11.2 Å². The Morgan fingerprint density at radius 3 is 2.79 bits per heavy atom. The van der Waals surface area contributed by atoms with Gasteiger partial charge in [0.1, 0.15) is 0 Å². The molecule has 2 N–H and O–H groups in total. The summed E-state index contributed by atoms with van der Waals surface area (Å²) in [5, 5.41) is 12.5. The SMILES string of the molecule is Cc1ccccc1CC(=O)NC1CCCCC1CO. The van der Waals surface area contributed by atoms with Crippen LogP contribution in [0.2, 0.25) is 0 Å². The average molecular weight is 261 g/mol. The van der Waals surface area contributed by atoms with E-state index in [1.807, 2.05) is 31.2 Å². The van der Waals surface area contributed by atoms with E-state index in [-0.39, 0.29) is 24.5 Å². The molecule has 3 nitrogen and oxygen atoms in total. The molecule has 0 spiro atoms. The maximum Gasteiger partial charge on any atom is 0.224 e. The maximum atomic E-state index is 12.1. The number of aliphatic hydroxyl groups excluding tert-OH is 1. The maximum absolute atomic E-state index is 12.1. The summed E-state index contributed by atoms with van der Waals surface area (Å²) in [5.74, 6) is 0.300. The lowest BCUT2D eigenvalue weighted by Gasteiger charge is -2.30. The fraction of sp³-hybridized carbons (Fsp3) is 0.562. The van der Waals surface area contributed by atoms with Gasteiger partial charge in [0.05, 0.1) is 6.42 Å². The second-order valence-corrected chi connectivity index (χ2v) is 5.50. The van der Waals surface area contributed by atoms with Crippen LogP contribution in [0.5, 0.6) is 0 Å². The number of rotatable bonds is 4. The van der Waals surface area contributed by atoms with Crippen LogP contribution in [0.25, 0.3) is 0 Å². The molecule has 1 aromatic rings. The van der Waals surface area contributed by atoms with Gasteiger partial charge in [-0.3, -0.25) is 4.79 Å². The first-order chi connectivity index (χ1) is 9.20. The molecule has 0 aromatic heterocycles. The highest BCUT2D eigenvalue weighted by molar-refractivity contribution is 5.79. The molecule has 19 heavy (non-hydrogen) atoms. The Balaban J connectivity index is 1.92. The molecule has 2 rings (SSSR count). The number of nitrogens with one attached hydrogen (secondary N) is 1. The van der Waals surface area contributed by atoms with E-state index in [0.29, 0.717) is 6.42 Å². The summed E-state index contributed by atoms with van der Waals surface area (Å²) in [6, 6.07) is 8.13. The zero-order chi connectivity index (χ0) is 13.7. The summed E-state index contributed by atoms with van der Waals surface area (Å²) < 4.78 is 0. The standard InChI is InChI=1S/C16H23NO2/c1-12-6-2-3-7-13(12)10-16(19)17-15-9-5-4-8-14(15)11-18/h2-3,6-7,14-15,18H,4-5,8-11H2,1H3,(H,17,19). The van der Waals surface area contributed by atoms with Crippen molar-refractivity contribution in [2.24, 2.45) is 5.92 Å². The van der Waals surface area contributed by atoms with Gasteiger partial charge >= 0.3 is 0 Å². The van der Waals surface area contributed by atoms with Gasteiger partial charge in [-0.25, -0.2) is 0 Å². The number of benzene rings is 1. The second kappa shape index (κ2) is 6.71. The van der Waals surface area contributed by atoms with E-state index >= 15 is 0 Å². The molecule has 1 aliphatic carbocycles. The lowest BCUT2D eigenvalue weighted by atomic mass is 9.85. The van der Waals surface area contributed by atoms with Crippen LogP contribution in [0.3, 0.4) is 0 Å². The van der Waals surface area contributed by atoms with Crippen molar-refractivity contribution in [2.75, 3.05) is 6.61 Å². The normalized spacial score (nSPS) is 23.1. The first-order valence-electron chi connectivity index (χ1n) is 7.15. The molecule has 0 aliphatic heterocycles. The van der Waals surface area contributed by atoms with Crippen LogP contribution in [0.1, 0.15) is 36.8 Å². The van der Waals surface area contributed by atoms with Crippen molar-refractivity contribution < 1.29 is 9.90 Å². The number of carbonyl (C=O) groups excluding carboxylic acids is 1. The van der Waals surface area contributed by atoms with Crippen LogP contribution in [-0.4, -0.2) is 23.7 Å². The Bertz CT molecular complexity index is 431. The van der Waals surface area contributed by atoms with Crippen LogP contribution in [0.15, 0.2) is 24.3 Å². The topological polar surface area (TPSA) is 49.3 Å². The van der Waals surface area contributed by atoms with E-state index in [4.69, 9.17) is 0 Å². The third kappa shape index (κ3) is 3.80. The van der Waals surface area contributed by atoms with Crippen LogP contribution in [0, 0.1) is 12.8 Å². The van der Waals surface area contributed by atoms with E-state index < -0.39 is 0 Å². The largest absolute Gasteiger partial charge is 0.396 e. The molecule has 0 bridgehead atoms. The second-order valence-electron chi connectivity index (χ2n) is 5.50. The highest BCUT2D eigenvalue weighted by atomic mass is 16.3. The molecule has 1 saturated carbocycles. The van der Waals surface area contributed by atoms with Gasteiger partial charge in [-0.1, -0.05) is 37.1 Å². The van der Waals surface area contributed by atoms with E-state index in [1.54, 1.807) is 0 Å². The minimum Gasteiger partial charge on any atom is -0.396 e. The van der Waals surface area contributed by atoms with Crippen molar-refractivity contribution in [1.82, 2.24) is 5.32 Å². The molecule has 2 unspecified atom stereocenters. The van der Waals surface area contributed by atoms with E-state index in [2.05, 4.69) is 5.32 Å². The number of hydrogen-bond donors (Lipinski definition) is 2. The first kappa shape index (κ1) is 14.1. The Morgan fingerprint density at radius 1 is 1.32 bits per heavy atom. The summed E-state index contributed by atoms with van der Waals surface area (Å²) in [4.78, 5) is 12.1. The molecule has 0 saturated heterocycles. The number of carbonyl (C=O) groups is 1. The van der Waals surface area contributed by atoms with Gasteiger partial charge in [0.25, 0.3) is 0 Å². The molecule has 1 aromatic carbocycles. The van der Waals surface area contributed by atoms with Crippen LogP contribution < -0.4 is 5.32 Å². The van der Waals surface area contributed by atoms with Crippen LogP contribution >= 0.6 is 0 Å². The zero-order valence-electron chi connectivity index (χ0n) is 11.6. The highest BCUT2D eigenvalue weighted by Gasteiger charge is 2.25. The van der Waals surface area contributed by atoms with Gasteiger partial charge in [0.2, 0.25) is 5.91 Å². The average Bonchev–Trinajstić information content (AvgIpc) is 2.42. The minimum atomic E-state index is 0.0691. The molecular weight excluding hydrogens is 238 g/mol. The molecular formula is C16H23NO2. The summed E-state index contributed by atoms with van der Waals surface area (Å²) >= 11 is 0. The summed E-state index contributed by atoms with van der Waals surface area (Å²) in [6.07, 6.45) is 4.75. The van der Waals surface area contributed by atoms with Crippen molar-refractivity contribution in [1.29, 1.82) is 0 Å². The number of aryl methyl sites for hydroxylation is 1. The fourth-order valence-electron chi connectivity index (χ4n) is 2.86. The molecule has 0 heterocycles. The predicted octanol–water partition coefficient (Wildman–Crippen LogP) is 2.20. The van der Waals surface area contributed by atoms with Gasteiger partial charge in [-0.15, -0.1) is 0 Å². The van der Waals surface area contributed by atoms with Crippen molar-refractivity contribution in [3.05, 3.63) is 35.4 Å². The van der Waals surface area contributed by atoms with Crippen molar-refractivity contribution in [3.8, 4) is 0 Å². The molecule has 1 aliphatic rings. The number of aliphatic hydroxyl groups is 1. The molecule has 104 valence electrons. The molecule has 0 radical (unpaired) electrons.